The van der Waals surface area contributed by atoms with Crippen molar-refractivity contribution in [3.8, 4) is 11.5 Å². The van der Waals surface area contributed by atoms with E-state index in [1.54, 1.807) is 29.7 Å². The van der Waals surface area contributed by atoms with Gasteiger partial charge in [0.25, 0.3) is 5.91 Å². The van der Waals surface area contributed by atoms with Crippen molar-refractivity contribution < 1.29 is 23.8 Å². The molecule has 1 aliphatic heterocycles. The van der Waals surface area contributed by atoms with E-state index in [1.807, 2.05) is 24.3 Å². The monoisotopic (exact) mass is 384 g/mol. The number of fused-ring (bicyclic) bond motifs is 2. The van der Waals surface area contributed by atoms with Gasteiger partial charge in [0.15, 0.2) is 16.3 Å². The van der Waals surface area contributed by atoms with Gasteiger partial charge in [-0.15, -0.1) is 0 Å². The second-order valence-electron chi connectivity index (χ2n) is 5.73. The predicted octanol–water partition coefficient (Wildman–Crippen LogP) is 2.74. The Labute approximate surface area is 158 Å². The second-order valence-corrected chi connectivity index (χ2v) is 6.74. The molecule has 2 heterocycles. The number of para-hydroxylation sites is 1. The van der Waals surface area contributed by atoms with Gasteiger partial charge in [-0.3, -0.25) is 9.59 Å². The molecular weight excluding hydrogens is 368 g/mol. The Morgan fingerprint density at radius 2 is 2.00 bits per heavy atom. The van der Waals surface area contributed by atoms with Crippen molar-refractivity contribution in [2.24, 2.45) is 4.99 Å². The molecule has 27 heavy (non-hydrogen) atoms. The highest BCUT2D eigenvalue weighted by Gasteiger charge is 2.17. The molecular formula is C19H16N2O5S. The molecule has 0 atom stereocenters. The number of thiazole rings is 1. The summed E-state index contributed by atoms with van der Waals surface area (Å²) in [6.45, 7) is 2.18. The van der Waals surface area contributed by atoms with E-state index in [1.165, 1.54) is 11.3 Å². The molecule has 0 radical (unpaired) electrons. The molecule has 0 N–H and O–H groups in total. The van der Waals surface area contributed by atoms with Gasteiger partial charge in [0.2, 0.25) is 6.79 Å². The fourth-order valence-electron chi connectivity index (χ4n) is 2.78. The van der Waals surface area contributed by atoms with E-state index in [0.717, 1.165) is 10.2 Å². The summed E-state index contributed by atoms with van der Waals surface area (Å²) in [4.78, 5) is 29.3. The van der Waals surface area contributed by atoms with Gasteiger partial charge in [0.1, 0.15) is 6.54 Å². The first-order valence-corrected chi connectivity index (χ1v) is 9.20. The molecule has 0 saturated heterocycles. The summed E-state index contributed by atoms with van der Waals surface area (Å²) in [5.74, 6) is 0.327. The third-order valence-electron chi connectivity index (χ3n) is 4.00. The van der Waals surface area contributed by atoms with Gasteiger partial charge in [0.05, 0.1) is 16.8 Å². The average molecular weight is 384 g/mol. The standard InChI is InChI=1S/C19H16N2O5S/c1-2-24-17(22)10-21-13-5-3-4-6-16(13)27-19(21)20-18(23)12-7-8-14-15(9-12)26-11-25-14/h3-9H,2,10-11H2,1H3. The molecule has 1 aliphatic rings. The molecule has 0 fully saturated rings. The number of benzene rings is 2. The molecule has 0 saturated carbocycles. The predicted molar refractivity (Wildman–Crippen MR) is 98.9 cm³/mol. The fraction of sp³-hybridized carbons (Fsp3) is 0.211. The third-order valence-corrected chi connectivity index (χ3v) is 5.06. The summed E-state index contributed by atoms with van der Waals surface area (Å²) < 4.78 is 18.2. The first-order valence-electron chi connectivity index (χ1n) is 8.38. The molecule has 4 rings (SSSR count). The quantitative estimate of drug-likeness (QED) is 0.646. The van der Waals surface area contributed by atoms with Crippen molar-refractivity contribution >= 4 is 33.4 Å². The molecule has 1 aromatic heterocycles. The highest BCUT2D eigenvalue weighted by Crippen LogP contribution is 2.32. The summed E-state index contributed by atoms with van der Waals surface area (Å²) in [5.41, 5.74) is 1.21. The van der Waals surface area contributed by atoms with Crippen molar-refractivity contribution in [1.82, 2.24) is 4.57 Å². The summed E-state index contributed by atoms with van der Waals surface area (Å²) in [6, 6.07) is 12.5. The van der Waals surface area contributed by atoms with E-state index in [9.17, 15) is 9.59 Å². The van der Waals surface area contributed by atoms with E-state index in [4.69, 9.17) is 14.2 Å². The molecule has 3 aromatic rings. The number of hydrogen-bond donors (Lipinski definition) is 0. The summed E-state index contributed by atoms with van der Waals surface area (Å²) in [5, 5.41) is 0. The number of esters is 1. The number of aromatic nitrogens is 1. The van der Waals surface area contributed by atoms with E-state index in [-0.39, 0.29) is 19.3 Å². The van der Waals surface area contributed by atoms with Gasteiger partial charge in [-0.2, -0.15) is 4.99 Å². The van der Waals surface area contributed by atoms with Crippen LogP contribution >= 0.6 is 11.3 Å². The topological polar surface area (TPSA) is 79.1 Å². The lowest BCUT2D eigenvalue weighted by molar-refractivity contribution is -0.143. The minimum atomic E-state index is -0.419. The van der Waals surface area contributed by atoms with E-state index >= 15 is 0 Å². The maximum Gasteiger partial charge on any atom is 0.326 e. The van der Waals surface area contributed by atoms with Crippen LogP contribution in [0.3, 0.4) is 0 Å². The first kappa shape index (κ1) is 17.3. The zero-order valence-electron chi connectivity index (χ0n) is 14.5. The summed E-state index contributed by atoms with van der Waals surface area (Å²) in [6.07, 6.45) is 0. The minimum absolute atomic E-state index is 0.00882. The SMILES string of the molecule is CCOC(=O)Cn1c(=NC(=O)c2ccc3c(c2)OCO3)sc2ccccc21. The summed E-state index contributed by atoms with van der Waals surface area (Å²) >= 11 is 1.34. The van der Waals surface area contributed by atoms with Gasteiger partial charge in [-0.05, 0) is 37.3 Å². The zero-order valence-corrected chi connectivity index (χ0v) is 15.3. The third kappa shape index (κ3) is 3.43. The lowest BCUT2D eigenvalue weighted by atomic mass is 10.2. The smallest absolute Gasteiger partial charge is 0.326 e. The maximum absolute atomic E-state index is 12.7. The van der Waals surface area contributed by atoms with Gasteiger partial charge >= 0.3 is 5.97 Å². The van der Waals surface area contributed by atoms with Gasteiger partial charge in [-0.25, -0.2) is 0 Å². The lowest BCUT2D eigenvalue weighted by Crippen LogP contribution is -2.23. The van der Waals surface area contributed by atoms with E-state index in [0.29, 0.717) is 28.5 Å². The molecule has 0 spiro atoms. The van der Waals surface area contributed by atoms with Crippen molar-refractivity contribution in [2.45, 2.75) is 13.5 Å². The Morgan fingerprint density at radius 3 is 2.85 bits per heavy atom. The van der Waals surface area contributed by atoms with Crippen LogP contribution in [0.25, 0.3) is 10.2 Å². The molecule has 0 aliphatic carbocycles. The molecule has 8 heteroatoms. The van der Waals surface area contributed by atoms with Crippen molar-refractivity contribution in [2.75, 3.05) is 13.4 Å². The molecule has 138 valence electrons. The fourth-order valence-corrected chi connectivity index (χ4v) is 3.80. The van der Waals surface area contributed by atoms with Crippen LogP contribution in [0.1, 0.15) is 17.3 Å². The number of rotatable bonds is 4. The summed E-state index contributed by atoms with van der Waals surface area (Å²) in [7, 11) is 0. The highest BCUT2D eigenvalue weighted by atomic mass is 32.1. The highest BCUT2D eigenvalue weighted by molar-refractivity contribution is 7.16. The number of ether oxygens (including phenoxy) is 3. The Bertz CT molecular complexity index is 1100. The first-order chi connectivity index (χ1) is 13.2. The second kappa shape index (κ2) is 7.24. The number of amides is 1. The van der Waals surface area contributed by atoms with Crippen LogP contribution in [-0.2, 0) is 16.1 Å². The van der Waals surface area contributed by atoms with Crippen LogP contribution in [0.2, 0.25) is 0 Å². The van der Waals surface area contributed by atoms with Crippen LogP contribution < -0.4 is 14.3 Å². The normalized spacial score (nSPS) is 13.1. The van der Waals surface area contributed by atoms with Crippen molar-refractivity contribution in [3.05, 3.63) is 52.8 Å². The maximum atomic E-state index is 12.7. The number of carbonyl (C=O) groups excluding carboxylic acids is 2. The molecule has 7 nitrogen and oxygen atoms in total. The van der Waals surface area contributed by atoms with E-state index in [2.05, 4.69) is 4.99 Å². The molecule has 0 unspecified atom stereocenters. The Kier molecular flexibility index (Phi) is 4.64. The van der Waals surface area contributed by atoms with Crippen LogP contribution in [0, 0.1) is 0 Å². The zero-order chi connectivity index (χ0) is 18.8. The van der Waals surface area contributed by atoms with Gasteiger partial charge in [0, 0.05) is 5.56 Å². The lowest BCUT2D eigenvalue weighted by Gasteiger charge is -2.05. The van der Waals surface area contributed by atoms with Crippen LogP contribution in [0.5, 0.6) is 11.5 Å². The Balaban J connectivity index is 1.75. The number of nitrogens with zero attached hydrogens (tertiary/aromatic N) is 2. The molecule has 0 bridgehead atoms. The van der Waals surface area contributed by atoms with Crippen molar-refractivity contribution in [3.63, 3.8) is 0 Å². The van der Waals surface area contributed by atoms with E-state index < -0.39 is 5.91 Å². The largest absolute Gasteiger partial charge is 0.465 e. The molecule has 1 amide bonds. The molecule has 2 aromatic carbocycles. The van der Waals surface area contributed by atoms with Crippen LogP contribution in [0.4, 0.5) is 0 Å². The minimum Gasteiger partial charge on any atom is -0.465 e. The van der Waals surface area contributed by atoms with Crippen molar-refractivity contribution in [1.29, 1.82) is 0 Å². The Morgan fingerprint density at radius 1 is 1.19 bits per heavy atom. The Hall–Kier alpha value is -3.13. The van der Waals surface area contributed by atoms with Gasteiger partial charge < -0.3 is 18.8 Å². The van der Waals surface area contributed by atoms with Crippen LogP contribution in [-0.4, -0.2) is 29.8 Å². The van der Waals surface area contributed by atoms with Crippen LogP contribution in [0.15, 0.2) is 47.5 Å². The number of hydrogen-bond acceptors (Lipinski definition) is 6. The van der Waals surface area contributed by atoms with Gasteiger partial charge in [-0.1, -0.05) is 23.5 Å². The average Bonchev–Trinajstić information content (AvgIpc) is 3.26. The number of carbonyl (C=O) groups is 2.